The van der Waals surface area contributed by atoms with Crippen LogP contribution in [0, 0.1) is 5.92 Å². The number of piperidine rings is 1. The van der Waals surface area contributed by atoms with E-state index in [-0.39, 0.29) is 54.1 Å². The van der Waals surface area contributed by atoms with Crippen LogP contribution in [0.4, 0.5) is 31.1 Å². The number of ether oxygens (including phenoxy) is 1. The summed E-state index contributed by atoms with van der Waals surface area (Å²) in [6.07, 6.45) is -6.59. The molecule has 0 radical (unpaired) electrons. The number of alkyl halides is 6. The van der Waals surface area contributed by atoms with Gasteiger partial charge in [-0.25, -0.2) is 0 Å². The number of rotatable bonds is 12. The number of amidine groups is 1. The number of allylic oxidation sites excluding steroid dienone is 1. The highest BCUT2D eigenvalue weighted by atomic mass is 32.2. The third kappa shape index (κ3) is 18.5. The van der Waals surface area contributed by atoms with Crippen molar-refractivity contribution < 1.29 is 66.9 Å². The fourth-order valence-corrected chi connectivity index (χ4v) is 7.46. The number of amides is 1. The zero-order chi connectivity index (χ0) is 42.3. The van der Waals surface area contributed by atoms with E-state index in [2.05, 4.69) is 10.3 Å². The minimum atomic E-state index is -4.89. The first-order valence-corrected chi connectivity index (χ1v) is 21.1. The Hall–Kier alpha value is -3.83. The molecule has 5 rings (SSSR count). The number of aliphatic hydroxyl groups is 1. The van der Waals surface area contributed by atoms with Gasteiger partial charge in [-0.05, 0) is 72.4 Å². The first-order valence-electron chi connectivity index (χ1n) is 17.0. The minimum absolute atomic E-state index is 0.0759. The van der Waals surface area contributed by atoms with Crippen molar-refractivity contribution in [2.45, 2.75) is 43.2 Å². The van der Waals surface area contributed by atoms with Gasteiger partial charge in [0.05, 0.1) is 42.4 Å². The van der Waals surface area contributed by atoms with E-state index >= 15 is 0 Å². The summed E-state index contributed by atoms with van der Waals surface area (Å²) < 4.78 is 142. The van der Waals surface area contributed by atoms with Crippen LogP contribution in [0.5, 0.6) is 0 Å². The largest absolute Gasteiger partial charge is 0.416 e. The van der Waals surface area contributed by atoms with Crippen LogP contribution >= 0.6 is 11.8 Å². The normalized spacial score (nSPS) is 17.1. The lowest BCUT2D eigenvalue weighted by atomic mass is 9.95. The lowest BCUT2D eigenvalue weighted by molar-refractivity contribution is -0.143. The van der Waals surface area contributed by atoms with Crippen LogP contribution in [0.2, 0.25) is 0 Å². The predicted molar refractivity (Wildman–Crippen MR) is 202 cm³/mol. The Bertz CT molecular complexity index is 1960. The number of aliphatic imine (C=N–C) groups is 1. The zero-order valence-electron chi connectivity index (χ0n) is 30.1. The van der Waals surface area contributed by atoms with Gasteiger partial charge in [0.15, 0.2) is 0 Å². The van der Waals surface area contributed by atoms with Gasteiger partial charge in [-0.3, -0.25) is 23.8 Å². The molecule has 12 nitrogen and oxygen atoms in total. The second kappa shape index (κ2) is 21.8. The molecule has 0 aromatic heterocycles. The summed E-state index contributed by atoms with van der Waals surface area (Å²) in [5.74, 6) is -0.108. The molecule has 21 heteroatoms. The third-order valence-electron chi connectivity index (χ3n) is 7.94. The summed E-state index contributed by atoms with van der Waals surface area (Å²) in [6.45, 7) is 1.51. The van der Waals surface area contributed by atoms with Crippen molar-refractivity contribution in [3.8, 4) is 0 Å². The molecule has 314 valence electrons. The molecule has 2 fully saturated rings. The van der Waals surface area contributed by atoms with Crippen molar-refractivity contribution in [1.82, 2.24) is 10.2 Å². The smallest absolute Gasteiger partial charge is 0.394 e. The van der Waals surface area contributed by atoms with Crippen LogP contribution in [0.25, 0.3) is 0 Å². The second-order valence-corrected chi connectivity index (χ2v) is 16.4. The highest BCUT2D eigenvalue weighted by Crippen LogP contribution is 2.38. The Labute approximate surface area is 330 Å². The lowest BCUT2D eigenvalue weighted by Gasteiger charge is -2.31. The fourth-order valence-electron chi connectivity index (χ4n) is 5.41. The molecule has 2 aliphatic heterocycles. The number of carbonyl (C=O) groups is 1. The molecular formula is C36H41F6N3O9S3. The summed E-state index contributed by atoms with van der Waals surface area (Å²) in [7, 11) is -7.75. The van der Waals surface area contributed by atoms with Gasteiger partial charge in [0.25, 0.3) is 25.5 Å². The van der Waals surface area contributed by atoms with Gasteiger partial charge in [-0.15, -0.1) is 0 Å². The van der Waals surface area contributed by atoms with E-state index in [0.29, 0.717) is 67.0 Å². The van der Waals surface area contributed by atoms with E-state index in [1.807, 2.05) is 6.08 Å². The number of likely N-dealkylation sites (tertiary alicyclic amines) is 1. The maximum absolute atomic E-state index is 13.4. The maximum Gasteiger partial charge on any atom is 0.416 e. The number of benzene rings is 3. The lowest BCUT2D eigenvalue weighted by Crippen LogP contribution is -2.33. The van der Waals surface area contributed by atoms with E-state index < -0.39 is 43.7 Å². The molecule has 0 bridgehead atoms. The van der Waals surface area contributed by atoms with Gasteiger partial charge in [-0.2, -0.15) is 43.2 Å². The Balaban J connectivity index is 0.000000319. The van der Waals surface area contributed by atoms with E-state index in [9.17, 15) is 48.0 Å². The highest BCUT2D eigenvalue weighted by Gasteiger charge is 2.38. The zero-order valence-corrected chi connectivity index (χ0v) is 32.6. The van der Waals surface area contributed by atoms with E-state index in [4.69, 9.17) is 18.9 Å². The van der Waals surface area contributed by atoms with E-state index in [0.717, 1.165) is 17.8 Å². The van der Waals surface area contributed by atoms with Crippen LogP contribution < -0.4 is 5.32 Å². The van der Waals surface area contributed by atoms with Crippen molar-refractivity contribution in [2.75, 3.05) is 39.5 Å². The van der Waals surface area contributed by atoms with Crippen LogP contribution in [0.15, 0.2) is 94.8 Å². The monoisotopic (exact) mass is 869 g/mol. The second-order valence-electron chi connectivity index (χ2n) is 12.5. The molecule has 0 atom stereocenters. The van der Waals surface area contributed by atoms with Crippen LogP contribution in [-0.2, 0) is 55.4 Å². The number of halogens is 6. The first kappa shape index (κ1) is 47.5. The summed E-state index contributed by atoms with van der Waals surface area (Å²) >= 11 is 1.02. The molecule has 1 amide bonds. The SMILES string of the molecule is O=C1NC(=NCCOCCO)/C(=C/C2CCN(Cc3ccc(C(F)(F)F)cc3C(F)(F)F)CC2)S1.O=S(=O)(O)Cc1ccccc1.O=S(=O)(O)Cc1ccccc1. The molecule has 2 saturated heterocycles. The standard InChI is InChI=1S/C22H25F6N3O3S.2C7H8O3S/c23-21(24,25)16-2-1-15(17(12-16)22(26,27)28)13-31-6-3-14(4-7-31)11-18-19(30-20(33)35-18)29-5-9-34-10-8-32;2*8-11(9,10)6-7-4-2-1-3-5-7/h1-2,11-12,14,32H,3-10,13H2,(H,29,30,33);2*1-5H,6H2,(H,8,9,10)/b18-11-;;. The van der Waals surface area contributed by atoms with Crippen molar-refractivity contribution >= 4 is 43.1 Å². The maximum atomic E-state index is 13.4. The van der Waals surface area contributed by atoms with Gasteiger partial charge in [-0.1, -0.05) is 72.8 Å². The fraction of sp³-hybridized carbons (Fsp3) is 0.389. The Morgan fingerprint density at radius 2 is 1.37 bits per heavy atom. The Morgan fingerprint density at radius 1 is 0.825 bits per heavy atom. The third-order valence-corrected chi connectivity index (χ3v) is 10.2. The van der Waals surface area contributed by atoms with Crippen LogP contribution in [0.3, 0.4) is 0 Å². The van der Waals surface area contributed by atoms with E-state index in [1.165, 1.54) is 0 Å². The molecule has 2 aliphatic rings. The number of hydrogen-bond donors (Lipinski definition) is 4. The average Bonchev–Trinajstić information content (AvgIpc) is 3.46. The summed E-state index contributed by atoms with van der Waals surface area (Å²) in [5.41, 5.74) is -1.60. The van der Waals surface area contributed by atoms with E-state index in [1.54, 1.807) is 65.6 Å². The predicted octanol–water partition coefficient (Wildman–Crippen LogP) is 6.83. The number of hydrogen-bond acceptors (Lipinski definition) is 10. The first-order chi connectivity index (χ1) is 26.6. The molecule has 3 aromatic carbocycles. The highest BCUT2D eigenvalue weighted by molar-refractivity contribution is 8.18. The van der Waals surface area contributed by atoms with Crippen LogP contribution in [0.1, 0.15) is 40.7 Å². The number of carbonyl (C=O) groups excluding carboxylic acids is 1. The molecular weight excluding hydrogens is 829 g/mol. The molecule has 0 aliphatic carbocycles. The number of nitrogens with one attached hydrogen (secondary N) is 1. The van der Waals surface area contributed by atoms with Gasteiger partial charge in [0, 0.05) is 6.54 Å². The topological polar surface area (TPSA) is 183 Å². The number of aliphatic hydroxyl groups excluding tert-OH is 1. The molecule has 0 saturated carbocycles. The Kier molecular flexibility index (Phi) is 18.2. The van der Waals surface area contributed by atoms with Crippen LogP contribution in [-0.4, -0.2) is 86.5 Å². The minimum Gasteiger partial charge on any atom is -0.394 e. The molecule has 57 heavy (non-hydrogen) atoms. The van der Waals surface area contributed by atoms with Gasteiger partial charge in [0.2, 0.25) is 0 Å². The molecule has 0 unspecified atom stereocenters. The molecule has 4 N–H and O–H groups in total. The number of thioether (sulfide) groups is 1. The van der Waals surface area contributed by atoms with Crippen molar-refractivity contribution in [2.24, 2.45) is 10.9 Å². The Morgan fingerprint density at radius 3 is 1.84 bits per heavy atom. The molecule has 0 spiro atoms. The quantitative estimate of drug-likeness (QED) is 0.0851. The number of nitrogens with zero attached hydrogens (tertiary/aromatic N) is 2. The van der Waals surface area contributed by atoms with Crippen molar-refractivity contribution in [1.29, 1.82) is 0 Å². The summed E-state index contributed by atoms with van der Waals surface area (Å²) in [5, 5.41) is 11.1. The molecule has 3 aromatic rings. The van der Waals surface area contributed by atoms with Crippen molar-refractivity contribution in [3.05, 3.63) is 118 Å². The average molecular weight is 870 g/mol. The van der Waals surface area contributed by atoms with Crippen molar-refractivity contribution in [3.63, 3.8) is 0 Å². The van der Waals surface area contributed by atoms with Gasteiger partial charge >= 0.3 is 12.4 Å². The molecule has 2 heterocycles. The van der Waals surface area contributed by atoms with Gasteiger partial charge in [0.1, 0.15) is 17.3 Å². The summed E-state index contributed by atoms with van der Waals surface area (Å²) in [6, 6.07) is 18.8. The summed E-state index contributed by atoms with van der Waals surface area (Å²) in [4.78, 5) is 18.6. The van der Waals surface area contributed by atoms with Gasteiger partial charge < -0.3 is 15.2 Å².